The van der Waals surface area contributed by atoms with Gasteiger partial charge in [-0.15, -0.1) is 0 Å². The lowest BCUT2D eigenvalue weighted by Crippen LogP contribution is -2.22. The smallest absolute Gasteiger partial charge is 0.0761 e. The van der Waals surface area contributed by atoms with Crippen molar-refractivity contribution < 1.29 is 5.11 Å². The van der Waals surface area contributed by atoms with Crippen LogP contribution in [0.4, 0.5) is 0 Å². The summed E-state index contributed by atoms with van der Waals surface area (Å²) in [5, 5.41) is 11.2. The van der Waals surface area contributed by atoms with Gasteiger partial charge in [-0.2, -0.15) is 0 Å². The Labute approximate surface area is 118 Å². The molecule has 0 fully saturated rings. The monoisotopic (exact) mass is 278 g/mol. The summed E-state index contributed by atoms with van der Waals surface area (Å²) in [6.45, 7) is 3.37. The SMILES string of the molecule is CC(O)CCN(C)Cc1c(Cl)ccc2cccnc12. The summed E-state index contributed by atoms with van der Waals surface area (Å²) < 4.78 is 0. The number of pyridine rings is 1. The van der Waals surface area contributed by atoms with Crippen LogP contribution in [0.2, 0.25) is 5.02 Å². The Kier molecular flexibility index (Phi) is 4.75. The molecule has 19 heavy (non-hydrogen) atoms. The highest BCUT2D eigenvalue weighted by molar-refractivity contribution is 6.32. The maximum atomic E-state index is 9.33. The molecule has 4 heteroatoms. The molecule has 3 nitrogen and oxygen atoms in total. The second kappa shape index (κ2) is 6.33. The van der Waals surface area contributed by atoms with Gasteiger partial charge in [0.05, 0.1) is 11.6 Å². The van der Waals surface area contributed by atoms with E-state index in [9.17, 15) is 5.11 Å². The predicted molar refractivity (Wildman–Crippen MR) is 79.4 cm³/mol. The van der Waals surface area contributed by atoms with Crippen LogP contribution in [-0.2, 0) is 6.54 Å². The third-order valence-corrected chi connectivity index (χ3v) is 3.53. The molecule has 0 amide bonds. The molecule has 0 saturated heterocycles. The number of fused-ring (bicyclic) bond motifs is 1. The molecule has 0 aliphatic carbocycles. The number of aliphatic hydroxyl groups is 1. The molecule has 1 unspecified atom stereocenters. The van der Waals surface area contributed by atoms with Crippen LogP contribution in [0.1, 0.15) is 18.9 Å². The zero-order valence-electron chi connectivity index (χ0n) is 11.3. The fourth-order valence-electron chi connectivity index (χ4n) is 2.09. The predicted octanol–water partition coefficient (Wildman–Crippen LogP) is 3.09. The lowest BCUT2D eigenvalue weighted by molar-refractivity contribution is 0.163. The van der Waals surface area contributed by atoms with Gasteiger partial charge in [0, 0.05) is 35.3 Å². The van der Waals surface area contributed by atoms with Crippen molar-refractivity contribution in [1.29, 1.82) is 0 Å². The van der Waals surface area contributed by atoms with Gasteiger partial charge in [0.15, 0.2) is 0 Å². The summed E-state index contributed by atoms with van der Waals surface area (Å²) in [5.41, 5.74) is 2.01. The van der Waals surface area contributed by atoms with Crippen molar-refractivity contribution in [2.24, 2.45) is 0 Å². The third-order valence-electron chi connectivity index (χ3n) is 3.18. The van der Waals surface area contributed by atoms with Crippen molar-refractivity contribution in [2.45, 2.75) is 26.0 Å². The molecular formula is C15H19ClN2O. The van der Waals surface area contributed by atoms with Crippen LogP contribution >= 0.6 is 11.6 Å². The number of halogens is 1. The molecule has 0 aliphatic rings. The molecule has 0 bridgehead atoms. The first-order chi connectivity index (χ1) is 9.08. The summed E-state index contributed by atoms with van der Waals surface area (Å²) in [7, 11) is 2.03. The highest BCUT2D eigenvalue weighted by Gasteiger charge is 2.10. The maximum Gasteiger partial charge on any atom is 0.0761 e. The van der Waals surface area contributed by atoms with Crippen LogP contribution in [-0.4, -0.2) is 34.7 Å². The first kappa shape index (κ1) is 14.3. The quantitative estimate of drug-likeness (QED) is 0.913. The van der Waals surface area contributed by atoms with E-state index in [1.165, 1.54) is 0 Å². The number of aromatic nitrogens is 1. The topological polar surface area (TPSA) is 36.4 Å². The van der Waals surface area contributed by atoms with Crippen LogP contribution in [0.3, 0.4) is 0 Å². The molecule has 1 atom stereocenters. The second-order valence-electron chi connectivity index (χ2n) is 4.98. The van der Waals surface area contributed by atoms with E-state index in [4.69, 9.17) is 11.6 Å². The molecule has 2 aromatic rings. The van der Waals surface area contributed by atoms with Crippen LogP contribution < -0.4 is 0 Å². The van der Waals surface area contributed by atoms with Gasteiger partial charge in [0.25, 0.3) is 0 Å². The minimum absolute atomic E-state index is 0.274. The Morgan fingerprint density at radius 3 is 2.89 bits per heavy atom. The normalized spacial score (nSPS) is 13.1. The number of rotatable bonds is 5. The van der Waals surface area contributed by atoms with Crippen molar-refractivity contribution in [3.05, 3.63) is 41.0 Å². The summed E-state index contributed by atoms with van der Waals surface area (Å²) in [4.78, 5) is 6.58. The Bertz CT molecular complexity index is 557. The van der Waals surface area contributed by atoms with Gasteiger partial charge in [-0.05, 0) is 32.5 Å². The number of benzene rings is 1. The minimum atomic E-state index is -0.274. The van der Waals surface area contributed by atoms with Gasteiger partial charge in [0.1, 0.15) is 0 Å². The molecule has 1 N–H and O–H groups in total. The number of hydrogen-bond donors (Lipinski definition) is 1. The Balaban J connectivity index is 2.21. The largest absolute Gasteiger partial charge is 0.393 e. The molecule has 1 aromatic carbocycles. The number of hydrogen-bond acceptors (Lipinski definition) is 3. The van der Waals surface area contributed by atoms with Gasteiger partial charge >= 0.3 is 0 Å². The zero-order valence-corrected chi connectivity index (χ0v) is 12.1. The molecule has 0 aliphatic heterocycles. The second-order valence-corrected chi connectivity index (χ2v) is 5.38. The van der Waals surface area contributed by atoms with Crippen LogP contribution in [0, 0.1) is 0 Å². The molecule has 1 heterocycles. The number of aliphatic hydroxyl groups excluding tert-OH is 1. The zero-order chi connectivity index (χ0) is 13.8. The molecule has 0 spiro atoms. The molecule has 0 radical (unpaired) electrons. The van der Waals surface area contributed by atoms with Gasteiger partial charge in [-0.1, -0.05) is 23.7 Å². The third kappa shape index (κ3) is 3.66. The van der Waals surface area contributed by atoms with Gasteiger partial charge in [-0.3, -0.25) is 4.98 Å². The van der Waals surface area contributed by atoms with Gasteiger partial charge < -0.3 is 10.0 Å². The fourth-order valence-corrected chi connectivity index (χ4v) is 2.30. The molecule has 0 saturated carbocycles. The highest BCUT2D eigenvalue weighted by Crippen LogP contribution is 2.25. The van der Waals surface area contributed by atoms with Crippen molar-refractivity contribution >= 4 is 22.5 Å². The van der Waals surface area contributed by atoms with E-state index in [1.54, 1.807) is 13.1 Å². The van der Waals surface area contributed by atoms with E-state index < -0.39 is 0 Å². The number of nitrogens with zero attached hydrogens (tertiary/aromatic N) is 2. The Morgan fingerprint density at radius 2 is 2.16 bits per heavy atom. The maximum absolute atomic E-state index is 9.33. The van der Waals surface area contributed by atoms with E-state index in [0.717, 1.165) is 41.0 Å². The average Bonchev–Trinajstić information content (AvgIpc) is 2.40. The molecule has 2 rings (SSSR count). The minimum Gasteiger partial charge on any atom is -0.393 e. The Hall–Kier alpha value is -1.16. The fraction of sp³-hybridized carbons (Fsp3) is 0.400. The highest BCUT2D eigenvalue weighted by atomic mass is 35.5. The van der Waals surface area contributed by atoms with Crippen LogP contribution in [0.5, 0.6) is 0 Å². The lowest BCUT2D eigenvalue weighted by atomic mass is 10.1. The molecular weight excluding hydrogens is 260 g/mol. The Morgan fingerprint density at radius 1 is 1.37 bits per heavy atom. The van der Waals surface area contributed by atoms with Crippen molar-refractivity contribution in [2.75, 3.05) is 13.6 Å². The van der Waals surface area contributed by atoms with E-state index in [1.807, 2.05) is 31.3 Å². The van der Waals surface area contributed by atoms with Crippen molar-refractivity contribution in [3.63, 3.8) is 0 Å². The molecule has 102 valence electrons. The van der Waals surface area contributed by atoms with E-state index in [2.05, 4.69) is 9.88 Å². The first-order valence-corrected chi connectivity index (χ1v) is 6.84. The summed E-state index contributed by atoms with van der Waals surface area (Å²) in [6, 6.07) is 7.88. The van der Waals surface area contributed by atoms with Gasteiger partial charge in [0.2, 0.25) is 0 Å². The average molecular weight is 279 g/mol. The van der Waals surface area contributed by atoms with Crippen LogP contribution in [0.25, 0.3) is 10.9 Å². The summed E-state index contributed by atoms with van der Waals surface area (Å²) >= 11 is 6.29. The lowest BCUT2D eigenvalue weighted by Gasteiger charge is -2.19. The van der Waals surface area contributed by atoms with E-state index in [0.29, 0.717) is 0 Å². The van der Waals surface area contributed by atoms with Crippen molar-refractivity contribution in [1.82, 2.24) is 9.88 Å². The molecule has 1 aromatic heterocycles. The van der Waals surface area contributed by atoms with E-state index >= 15 is 0 Å². The van der Waals surface area contributed by atoms with E-state index in [-0.39, 0.29) is 6.10 Å². The van der Waals surface area contributed by atoms with Gasteiger partial charge in [-0.25, -0.2) is 0 Å². The first-order valence-electron chi connectivity index (χ1n) is 6.46. The van der Waals surface area contributed by atoms with Crippen LogP contribution in [0.15, 0.2) is 30.5 Å². The summed E-state index contributed by atoms with van der Waals surface area (Å²) in [6.07, 6.45) is 2.27. The summed E-state index contributed by atoms with van der Waals surface area (Å²) in [5.74, 6) is 0. The standard InChI is InChI=1S/C15H19ClN2O/c1-11(19)7-9-18(2)10-13-14(16)6-5-12-4-3-8-17-15(12)13/h3-6,8,11,19H,7,9-10H2,1-2H3. The van der Waals surface area contributed by atoms with Crippen molar-refractivity contribution in [3.8, 4) is 0 Å².